The molecule has 2 aliphatic rings. The molecule has 2 rings (SSSR count). The van der Waals surface area contributed by atoms with E-state index < -0.39 is 0 Å². The zero-order chi connectivity index (χ0) is 10.1. The Morgan fingerprint density at radius 2 is 2.14 bits per heavy atom. The highest BCUT2D eigenvalue weighted by molar-refractivity contribution is 5.77. The summed E-state index contributed by atoms with van der Waals surface area (Å²) >= 11 is 0. The minimum Gasteiger partial charge on any atom is -0.368 e. The van der Waals surface area contributed by atoms with Crippen LogP contribution in [0, 0.1) is 0 Å². The number of carbonyl (C=O) groups excluding carboxylic acids is 1. The van der Waals surface area contributed by atoms with Gasteiger partial charge in [0.2, 0.25) is 5.91 Å². The maximum atomic E-state index is 11.5. The van der Waals surface area contributed by atoms with Gasteiger partial charge in [-0.3, -0.25) is 4.79 Å². The Morgan fingerprint density at radius 1 is 1.50 bits per heavy atom. The average molecular weight is 198 g/mol. The minimum absolute atomic E-state index is 0.105. The number of hydrogen-bond acceptors (Lipinski definition) is 3. The van der Waals surface area contributed by atoms with Gasteiger partial charge in [0, 0.05) is 19.1 Å². The summed E-state index contributed by atoms with van der Waals surface area (Å²) < 4.78 is 5.44. The monoisotopic (exact) mass is 198 g/mol. The van der Waals surface area contributed by atoms with Crippen molar-refractivity contribution in [1.82, 2.24) is 4.90 Å². The number of hydrogen-bond donors (Lipinski definition) is 1. The number of rotatable bonds is 4. The van der Waals surface area contributed by atoms with E-state index in [1.54, 1.807) is 4.90 Å². The van der Waals surface area contributed by atoms with E-state index in [0.29, 0.717) is 6.04 Å². The van der Waals surface area contributed by atoms with Gasteiger partial charge in [-0.1, -0.05) is 0 Å². The molecule has 0 aromatic heterocycles. The Labute approximate surface area is 84.4 Å². The molecule has 2 fully saturated rings. The van der Waals surface area contributed by atoms with Gasteiger partial charge < -0.3 is 15.4 Å². The highest BCUT2D eigenvalue weighted by Crippen LogP contribution is 2.26. The molecule has 80 valence electrons. The summed E-state index contributed by atoms with van der Waals surface area (Å²) in [6, 6.07) is 0.769. The van der Waals surface area contributed by atoms with Crippen molar-refractivity contribution in [1.29, 1.82) is 0 Å². The summed E-state index contributed by atoms with van der Waals surface area (Å²) in [5.74, 6) is 0.105. The van der Waals surface area contributed by atoms with Crippen molar-refractivity contribution in [3.8, 4) is 0 Å². The van der Waals surface area contributed by atoms with Gasteiger partial charge in [-0.15, -0.1) is 0 Å². The van der Waals surface area contributed by atoms with Gasteiger partial charge in [-0.2, -0.15) is 0 Å². The molecule has 0 bridgehead atoms. The lowest BCUT2D eigenvalue weighted by Gasteiger charge is -2.32. The molecule has 0 atom stereocenters. The number of nitrogens with two attached hydrogens (primary N) is 1. The normalized spacial score (nSPS) is 31.0. The summed E-state index contributed by atoms with van der Waals surface area (Å²) in [7, 11) is 1.86. The summed E-state index contributed by atoms with van der Waals surface area (Å²) in [6.07, 6.45) is 4.33. The van der Waals surface area contributed by atoms with Crippen molar-refractivity contribution >= 4 is 5.91 Å². The smallest absolute Gasteiger partial charge is 0.248 e. The van der Waals surface area contributed by atoms with Crippen LogP contribution in [0.4, 0.5) is 0 Å². The molecule has 0 spiro atoms. The molecule has 2 N–H and O–H groups in total. The quantitative estimate of drug-likeness (QED) is 0.697. The largest absolute Gasteiger partial charge is 0.368 e. The molecule has 1 amide bonds. The van der Waals surface area contributed by atoms with E-state index >= 15 is 0 Å². The van der Waals surface area contributed by atoms with Gasteiger partial charge >= 0.3 is 0 Å². The summed E-state index contributed by atoms with van der Waals surface area (Å²) in [5.41, 5.74) is 5.62. The lowest BCUT2D eigenvalue weighted by molar-refractivity contribution is -0.139. The van der Waals surface area contributed by atoms with Crippen molar-refractivity contribution in [3.63, 3.8) is 0 Å². The topological polar surface area (TPSA) is 55.6 Å². The Balaban J connectivity index is 1.62. The van der Waals surface area contributed by atoms with Gasteiger partial charge in [-0.25, -0.2) is 0 Å². The van der Waals surface area contributed by atoms with E-state index in [1.807, 2.05) is 7.05 Å². The Kier molecular flexibility index (Phi) is 2.74. The fourth-order valence-electron chi connectivity index (χ4n) is 1.70. The van der Waals surface area contributed by atoms with Gasteiger partial charge in [-0.05, 0) is 25.7 Å². The van der Waals surface area contributed by atoms with E-state index in [0.717, 1.165) is 25.7 Å². The van der Waals surface area contributed by atoms with E-state index in [4.69, 9.17) is 10.5 Å². The molecule has 2 saturated carbocycles. The van der Waals surface area contributed by atoms with Crippen LogP contribution in [0.15, 0.2) is 0 Å². The molecule has 14 heavy (non-hydrogen) atoms. The van der Waals surface area contributed by atoms with E-state index in [9.17, 15) is 4.79 Å². The molecule has 0 aromatic rings. The standard InChI is InChI=1S/C10H18N2O2/c1-12(8-2-3-8)10(13)6-14-9-4-7(11)5-9/h7-9H,2-6,11H2,1H3. The van der Waals surface area contributed by atoms with E-state index in [-0.39, 0.29) is 24.7 Å². The molecular formula is C10H18N2O2. The van der Waals surface area contributed by atoms with Gasteiger partial charge in [0.15, 0.2) is 0 Å². The molecule has 0 heterocycles. The van der Waals surface area contributed by atoms with Gasteiger partial charge in [0.25, 0.3) is 0 Å². The first-order valence-corrected chi connectivity index (χ1v) is 5.29. The van der Waals surface area contributed by atoms with Crippen molar-refractivity contribution in [2.75, 3.05) is 13.7 Å². The van der Waals surface area contributed by atoms with Gasteiger partial charge in [0.05, 0.1) is 6.10 Å². The van der Waals surface area contributed by atoms with Crippen molar-refractivity contribution in [3.05, 3.63) is 0 Å². The van der Waals surface area contributed by atoms with Crippen molar-refractivity contribution in [2.45, 2.75) is 43.9 Å². The lowest BCUT2D eigenvalue weighted by Crippen LogP contribution is -2.43. The predicted molar refractivity (Wildman–Crippen MR) is 52.7 cm³/mol. The maximum absolute atomic E-state index is 11.5. The average Bonchev–Trinajstić information content (AvgIpc) is 2.91. The number of nitrogens with zero attached hydrogens (tertiary/aromatic N) is 1. The first-order valence-electron chi connectivity index (χ1n) is 5.29. The second-order valence-corrected chi connectivity index (χ2v) is 4.40. The molecule has 0 aromatic carbocycles. The van der Waals surface area contributed by atoms with E-state index in [2.05, 4.69) is 0 Å². The van der Waals surface area contributed by atoms with Crippen LogP contribution in [0.25, 0.3) is 0 Å². The van der Waals surface area contributed by atoms with Crippen LogP contribution in [0.3, 0.4) is 0 Å². The zero-order valence-corrected chi connectivity index (χ0v) is 8.61. The zero-order valence-electron chi connectivity index (χ0n) is 8.61. The van der Waals surface area contributed by atoms with Crippen LogP contribution in [0.5, 0.6) is 0 Å². The fourth-order valence-corrected chi connectivity index (χ4v) is 1.70. The molecule has 4 heteroatoms. The van der Waals surface area contributed by atoms with Crippen LogP contribution < -0.4 is 5.73 Å². The molecule has 4 nitrogen and oxygen atoms in total. The van der Waals surface area contributed by atoms with Crippen LogP contribution >= 0.6 is 0 Å². The minimum atomic E-state index is 0.105. The Hall–Kier alpha value is -0.610. The molecule has 0 unspecified atom stereocenters. The SMILES string of the molecule is CN(C(=O)COC1CC(N)C1)C1CC1. The first kappa shape index (κ1) is 9.93. The first-order chi connectivity index (χ1) is 6.66. The van der Waals surface area contributed by atoms with Crippen molar-refractivity contribution in [2.24, 2.45) is 5.73 Å². The number of likely N-dealkylation sites (N-methyl/N-ethyl adjacent to an activating group) is 1. The molecular weight excluding hydrogens is 180 g/mol. The third kappa shape index (κ3) is 2.25. The summed E-state index contributed by atoms with van der Waals surface area (Å²) in [4.78, 5) is 13.3. The molecule has 0 saturated heterocycles. The number of amides is 1. The summed E-state index contributed by atoms with van der Waals surface area (Å²) in [6.45, 7) is 0.227. The predicted octanol–water partition coefficient (Wildman–Crippen LogP) is 0.113. The second-order valence-electron chi connectivity index (χ2n) is 4.40. The van der Waals surface area contributed by atoms with E-state index in [1.165, 1.54) is 0 Å². The molecule has 0 aliphatic heterocycles. The number of carbonyl (C=O) groups is 1. The third-order valence-electron chi connectivity index (χ3n) is 3.06. The second kappa shape index (κ2) is 3.87. The van der Waals surface area contributed by atoms with Crippen LogP contribution in [-0.4, -0.2) is 42.6 Å². The van der Waals surface area contributed by atoms with Crippen LogP contribution in [0.1, 0.15) is 25.7 Å². The fraction of sp³-hybridized carbons (Fsp3) is 0.900. The third-order valence-corrected chi connectivity index (χ3v) is 3.06. The Morgan fingerprint density at radius 3 is 2.64 bits per heavy atom. The van der Waals surface area contributed by atoms with Crippen LogP contribution in [0.2, 0.25) is 0 Å². The highest BCUT2D eigenvalue weighted by Gasteiger charge is 2.31. The lowest BCUT2D eigenvalue weighted by atomic mass is 9.90. The summed E-state index contributed by atoms with van der Waals surface area (Å²) in [5, 5.41) is 0. The molecule has 0 radical (unpaired) electrons. The number of ether oxygens (including phenoxy) is 1. The van der Waals surface area contributed by atoms with Crippen LogP contribution in [-0.2, 0) is 9.53 Å². The maximum Gasteiger partial charge on any atom is 0.248 e. The van der Waals surface area contributed by atoms with Gasteiger partial charge in [0.1, 0.15) is 6.61 Å². The molecule has 2 aliphatic carbocycles. The highest BCUT2D eigenvalue weighted by atomic mass is 16.5. The Bertz CT molecular complexity index is 222. The van der Waals surface area contributed by atoms with Crippen molar-refractivity contribution < 1.29 is 9.53 Å².